The maximum absolute atomic E-state index is 5.32. The van der Waals surface area contributed by atoms with Crippen molar-refractivity contribution in [2.75, 3.05) is 38.1 Å². The largest absolute Gasteiger partial charge is 0.469 e. The van der Waals surface area contributed by atoms with Crippen LogP contribution in [0, 0.1) is 0 Å². The zero-order valence-electron chi connectivity index (χ0n) is 14.4. The minimum absolute atomic E-state index is 0. The molecular formula is C18H27IN4O. The van der Waals surface area contributed by atoms with E-state index >= 15 is 0 Å². The topological polar surface area (TPSA) is 52.8 Å². The summed E-state index contributed by atoms with van der Waals surface area (Å²) in [5, 5.41) is 6.63. The monoisotopic (exact) mass is 442 g/mol. The minimum atomic E-state index is 0. The van der Waals surface area contributed by atoms with Crippen molar-refractivity contribution in [1.82, 2.24) is 10.6 Å². The minimum Gasteiger partial charge on any atom is -0.469 e. The summed E-state index contributed by atoms with van der Waals surface area (Å²) in [6.07, 6.45) is 2.51. The fourth-order valence-electron chi connectivity index (χ4n) is 2.23. The van der Waals surface area contributed by atoms with Gasteiger partial charge in [0.2, 0.25) is 0 Å². The summed E-state index contributed by atoms with van der Waals surface area (Å²) in [4.78, 5) is 6.80. The summed E-state index contributed by atoms with van der Waals surface area (Å²) in [5.74, 6) is 1.81. The van der Waals surface area contributed by atoms with E-state index in [4.69, 9.17) is 4.42 Å². The number of hydrogen-bond donors (Lipinski definition) is 2. The molecule has 0 fully saturated rings. The van der Waals surface area contributed by atoms with Crippen LogP contribution in [0.25, 0.3) is 0 Å². The molecule has 0 aliphatic carbocycles. The van der Waals surface area contributed by atoms with Crippen molar-refractivity contribution in [1.29, 1.82) is 0 Å². The average molecular weight is 442 g/mol. The molecule has 0 spiro atoms. The Morgan fingerprint density at radius 3 is 2.58 bits per heavy atom. The molecule has 2 rings (SSSR count). The van der Waals surface area contributed by atoms with Gasteiger partial charge in [-0.05, 0) is 31.2 Å². The molecular weight excluding hydrogens is 415 g/mol. The molecule has 24 heavy (non-hydrogen) atoms. The second-order valence-electron chi connectivity index (χ2n) is 5.27. The van der Waals surface area contributed by atoms with E-state index in [2.05, 4.69) is 58.8 Å². The molecule has 5 nitrogen and oxygen atoms in total. The summed E-state index contributed by atoms with van der Waals surface area (Å²) in [7, 11) is 2.10. The van der Waals surface area contributed by atoms with Crippen LogP contribution in [0.5, 0.6) is 0 Å². The van der Waals surface area contributed by atoms with Crippen LogP contribution in [0.3, 0.4) is 0 Å². The summed E-state index contributed by atoms with van der Waals surface area (Å²) in [5.41, 5.74) is 1.22. The lowest BCUT2D eigenvalue weighted by Gasteiger charge is -2.20. The number of furan rings is 1. The lowest BCUT2D eigenvalue weighted by Crippen LogP contribution is -2.41. The number of likely N-dealkylation sites (N-methyl/N-ethyl adjacent to an activating group) is 1. The fourth-order valence-corrected chi connectivity index (χ4v) is 2.23. The predicted molar refractivity (Wildman–Crippen MR) is 112 cm³/mol. The van der Waals surface area contributed by atoms with Crippen LogP contribution in [0.2, 0.25) is 0 Å². The standard InChI is InChI=1S/C18H26N4O.HI/c1-3-19-18(20-12-11-17-10-7-15-23-17)21-13-14-22(2)16-8-5-4-6-9-16;/h4-10,15H,3,11-14H2,1-2H3,(H2,19,20,21);1H. The third kappa shape index (κ3) is 7.25. The van der Waals surface area contributed by atoms with Gasteiger partial charge in [0.25, 0.3) is 0 Å². The third-order valence-electron chi connectivity index (χ3n) is 3.49. The second kappa shape index (κ2) is 11.8. The van der Waals surface area contributed by atoms with Crippen LogP contribution in [0.4, 0.5) is 5.69 Å². The molecule has 0 saturated carbocycles. The average Bonchev–Trinajstić information content (AvgIpc) is 3.09. The first-order valence-corrected chi connectivity index (χ1v) is 8.10. The SMILES string of the molecule is CCNC(=NCCc1ccco1)NCCN(C)c1ccccc1.I. The molecule has 0 atom stereocenters. The van der Waals surface area contributed by atoms with Crippen LogP contribution in [-0.2, 0) is 6.42 Å². The van der Waals surface area contributed by atoms with Gasteiger partial charge in [-0.2, -0.15) is 0 Å². The molecule has 0 radical (unpaired) electrons. The Balaban J connectivity index is 0.00000288. The molecule has 0 saturated heterocycles. The molecule has 0 aliphatic rings. The molecule has 6 heteroatoms. The van der Waals surface area contributed by atoms with Gasteiger partial charge in [0, 0.05) is 45.3 Å². The zero-order chi connectivity index (χ0) is 16.3. The van der Waals surface area contributed by atoms with Gasteiger partial charge >= 0.3 is 0 Å². The summed E-state index contributed by atoms with van der Waals surface area (Å²) in [6.45, 7) is 5.36. The molecule has 1 aromatic carbocycles. The molecule has 1 aromatic heterocycles. The molecule has 0 aliphatic heterocycles. The highest BCUT2D eigenvalue weighted by Crippen LogP contribution is 2.09. The first-order valence-electron chi connectivity index (χ1n) is 8.10. The lowest BCUT2D eigenvalue weighted by atomic mass is 10.3. The number of rotatable bonds is 8. The van der Waals surface area contributed by atoms with E-state index in [9.17, 15) is 0 Å². The Morgan fingerprint density at radius 1 is 1.12 bits per heavy atom. The lowest BCUT2D eigenvalue weighted by molar-refractivity contribution is 0.510. The van der Waals surface area contributed by atoms with Crippen molar-refractivity contribution in [3.63, 3.8) is 0 Å². The Kier molecular flexibility index (Phi) is 9.98. The highest BCUT2D eigenvalue weighted by molar-refractivity contribution is 14.0. The number of nitrogens with zero attached hydrogens (tertiary/aromatic N) is 2. The molecule has 0 bridgehead atoms. The van der Waals surface area contributed by atoms with Gasteiger partial charge < -0.3 is 20.0 Å². The smallest absolute Gasteiger partial charge is 0.191 e. The maximum atomic E-state index is 5.32. The van der Waals surface area contributed by atoms with E-state index in [0.717, 1.165) is 37.8 Å². The number of guanidine groups is 1. The number of nitrogens with one attached hydrogen (secondary N) is 2. The number of halogens is 1. The first kappa shape index (κ1) is 20.3. The second-order valence-corrected chi connectivity index (χ2v) is 5.27. The molecule has 0 amide bonds. The van der Waals surface area contributed by atoms with Crippen LogP contribution in [0.15, 0.2) is 58.1 Å². The van der Waals surface area contributed by atoms with Gasteiger partial charge in [0.1, 0.15) is 5.76 Å². The summed E-state index contributed by atoms with van der Waals surface area (Å²) < 4.78 is 5.32. The van der Waals surface area contributed by atoms with Crippen molar-refractivity contribution in [2.24, 2.45) is 4.99 Å². The van der Waals surface area contributed by atoms with Crippen LogP contribution in [0.1, 0.15) is 12.7 Å². The van der Waals surface area contributed by atoms with Gasteiger partial charge in [-0.15, -0.1) is 24.0 Å². The number of anilines is 1. The van der Waals surface area contributed by atoms with Crippen molar-refractivity contribution in [3.8, 4) is 0 Å². The fraction of sp³-hybridized carbons (Fsp3) is 0.389. The number of hydrogen-bond acceptors (Lipinski definition) is 3. The highest BCUT2D eigenvalue weighted by atomic mass is 127. The van der Waals surface area contributed by atoms with E-state index in [0.29, 0.717) is 6.54 Å². The number of aliphatic imine (C=N–C) groups is 1. The van der Waals surface area contributed by atoms with Crippen molar-refractivity contribution in [2.45, 2.75) is 13.3 Å². The maximum Gasteiger partial charge on any atom is 0.191 e. The Hall–Kier alpha value is -1.70. The van der Waals surface area contributed by atoms with E-state index in [1.165, 1.54) is 5.69 Å². The normalized spacial score (nSPS) is 10.8. The molecule has 132 valence electrons. The van der Waals surface area contributed by atoms with Crippen molar-refractivity contribution in [3.05, 3.63) is 54.5 Å². The molecule has 2 N–H and O–H groups in total. The Morgan fingerprint density at radius 2 is 1.92 bits per heavy atom. The predicted octanol–water partition coefficient (Wildman–Crippen LogP) is 3.13. The van der Waals surface area contributed by atoms with E-state index in [1.807, 2.05) is 18.2 Å². The Labute approximate surface area is 161 Å². The van der Waals surface area contributed by atoms with Crippen molar-refractivity contribution >= 4 is 35.6 Å². The van der Waals surface area contributed by atoms with Crippen LogP contribution >= 0.6 is 24.0 Å². The first-order chi connectivity index (χ1) is 11.3. The summed E-state index contributed by atoms with van der Waals surface area (Å²) in [6, 6.07) is 14.3. The summed E-state index contributed by atoms with van der Waals surface area (Å²) >= 11 is 0. The quantitative estimate of drug-likeness (QED) is 0.375. The van der Waals surface area contributed by atoms with Crippen LogP contribution in [-0.4, -0.2) is 39.2 Å². The van der Waals surface area contributed by atoms with Gasteiger partial charge in [-0.1, -0.05) is 18.2 Å². The Bertz CT molecular complexity index is 572. The van der Waals surface area contributed by atoms with Crippen LogP contribution < -0.4 is 15.5 Å². The molecule has 1 heterocycles. The molecule has 0 unspecified atom stereocenters. The number of para-hydroxylation sites is 1. The van der Waals surface area contributed by atoms with E-state index < -0.39 is 0 Å². The van der Waals surface area contributed by atoms with E-state index in [-0.39, 0.29) is 24.0 Å². The molecule has 2 aromatic rings. The van der Waals surface area contributed by atoms with Gasteiger partial charge in [-0.25, -0.2) is 0 Å². The van der Waals surface area contributed by atoms with Crippen molar-refractivity contribution < 1.29 is 4.42 Å². The number of benzene rings is 1. The van der Waals surface area contributed by atoms with Gasteiger partial charge in [0.05, 0.1) is 6.26 Å². The highest BCUT2D eigenvalue weighted by Gasteiger charge is 2.01. The zero-order valence-corrected chi connectivity index (χ0v) is 16.7. The third-order valence-corrected chi connectivity index (χ3v) is 3.49. The van der Waals surface area contributed by atoms with Gasteiger partial charge in [-0.3, -0.25) is 4.99 Å². The van der Waals surface area contributed by atoms with E-state index in [1.54, 1.807) is 6.26 Å². The van der Waals surface area contributed by atoms with Gasteiger partial charge in [0.15, 0.2) is 5.96 Å².